The lowest BCUT2D eigenvalue weighted by Crippen LogP contribution is -2.38. The van der Waals surface area contributed by atoms with E-state index >= 15 is 0 Å². The first kappa shape index (κ1) is 14.6. The molecule has 0 bridgehead atoms. The van der Waals surface area contributed by atoms with Gasteiger partial charge in [0.15, 0.2) is 0 Å². The Morgan fingerprint density at radius 2 is 2.28 bits per heavy atom. The Morgan fingerprint density at radius 3 is 2.83 bits per heavy atom. The highest BCUT2D eigenvalue weighted by Crippen LogP contribution is 2.09. The number of carbonyl (C=O) groups excluding carboxylic acids is 1. The van der Waals surface area contributed by atoms with Crippen LogP contribution in [0.3, 0.4) is 0 Å². The van der Waals surface area contributed by atoms with E-state index in [0.717, 1.165) is 0 Å². The number of hydrogen-bond donors (Lipinski definition) is 2. The zero-order valence-corrected chi connectivity index (χ0v) is 10.6. The molecule has 0 spiro atoms. The third-order valence-electron chi connectivity index (χ3n) is 2.66. The van der Waals surface area contributed by atoms with Crippen LogP contribution in [0.2, 0.25) is 0 Å². The van der Waals surface area contributed by atoms with Crippen molar-refractivity contribution in [2.75, 3.05) is 20.3 Å². The first-order valence-corrected chi connectivity index (χ1v) is 5.75. The number of aliphatic hydroxyl groups excluding tert-OH is 1. The molecular formula is C13H18FNO3. The molecule has 2 N–H and O–H groups in total. The third-order valence-corrected chi connectivity index (χ3v) is 2.66. The molecule has 0 aliphatic heterocycles. The van der Waals surface area contributed by atoms with E-state index in [2.05, 4.69) is 5.32 Å². The van der Waals surface area contributed by atoms with E-state index in [1.165, 1.54) is 6.07 Å². The smallest absolute Gasteiger partial charge is 0.251 e. The predicted molar refractivity (Wildman–Crippen MR) is 66.0 cm³/mol. The number of ether oxygens (including phenoxy) is 1. The quantitative estimate of drug-likeness (QED) is 0.804. The molecule has 0 aromatic heterocycles. The monoisotopic (exact) mass is 255 g/mol. The van der Waals surface area contributed by atoms with Gasteiger partial charge in [0, 0.05) is 19.3 Å². The fraction of sp³-hybridized carbons (Fsp3) is 0.462. The van der Waals surface area contributed by atoms with Crippen LogP contribution in [0.25, 0.3) is 0 Å². The highest BCUT2D eigenvalue weighted by atomic mass is 19.1. The summed E-state index contributed by atoms with van der Waals surface area (Å²) < 4.78 is 18.2. The molecule has 5 heteroatoms. The summed E-state index contributed by atoms with van der Waals surface area (Å²) in [5, 5.41) is 11.7. The van der Waals surface area contributed by atoms with Crippen LogP contribution in [0, 0.1) is 12.7 Å². The number of nitrogens with one attached hydrogen (secondary N) is 1. The molecule has 0 saturated heterocycles. The van der Waals surface area contributed by atoms with E-state index in [0.29, 0.717) is 18.6 Å². The van der Waals surface area contributed by atoms with Crippen molar-refractivity contribution in [3.63, 3.8) is 0 Å². The number of aliphatic hydroxyl groups is 1. The third kappa shape index (κ3) is 4.09. The number of hydrogen-bond acceptors (Lipinski definition) is 3. The van der Waals surface area contributed by atoms with Crippen molar-refractivity contribution in [2.24, 2.45) is 0 Å². The normalized spacial score (nSPS) is 12.2. The summed E-state index contributed by atoms with van der Waals surface area (Å²) in [7, 11) is 1.55. The van der Waals surface area contributed by atoms with Crippen molar-refractivity contribution in [3.8, 4) is 0 Å². The fourth-order valence-electron chi connectivity index (χ4n) is 1.47. The highest BCUT2D eigenvalue weighted by molar-refractivity contribution is 5.94. The molecule has 100 valence electrons. The van der Waals surface area contributed by atoms with Crippen molar-refractivity contribution in [1.29, 1.82) is 0 Å². The Hall–Kier alpha value is -1.46. The molecule has 1 amide bonds. The Bertz CT molecular complexity index is 409. The topological polar surface area (TPSA) is 58.6 Å². The van der Waals surface area contributed by atoms with Crippen LogP contribution in [-0.4, -0.2) is 37.4 Å². The van der Waals surface area contributed by atoms with Gasteiger partial charge in [-0.2, -0.15) is 0 Å². The second-order valence-corrected chi connectivity index (χ2v) is 4.10. The number of carbonyl (C=O) groups is 1. The number of halogens is 1. The van der Waals surface area contributed by atoms with Gasteiger partial charge in [-0.05, 0) is 31.0 Å². The SMILES string of the molecule is COCCC(CO)NC(=O)c1ccc(C)c(F)c1. The number of aryl methyl sites for hydroxylation is 1. The van der Waals surface area contributed by atoms with Gasteiger partial charge in [-0.15, -0.1) is 0 Å². The second kappa shape index (κ2) is 7.08. The van der Waals surface area contributed by atoms with Gasteiger partial charge in [-0.1, -0.05) is 6.07 Å². The van der Waals surface area contributed by atoms with Crippen LogP contribution in [-0.2, 0) is 4.74 Å². The highest BCUT2D eigenvalue weighted by Gasteiger charge is 2.13. The lowest BCUT2D eigenvalue weighted by Gasteiger charge is -2.15. The van der Waals surface area contributed by atoms with E-state index in [9.17, 15) is 9.18 Å². The Morgan fingerprint density at radius 1 is 1.56 bits per heavy atom. The van der Waals surface area contributed by atoms with Gasteiger partial charge in [0.1, 0.15) is 5.82 Å². The van der Waals surface area contributed by atoms with Gasteiger partial charge in [0.25, 0.3) is 5.91 Å². The van der Waals surface area contributed by atoms with Crippen LogP contribution in [0.15, 0.2) is 18.2 Å². The van der Waals surface area contributed by atoms with Gasteiger partial charge in [0.2, 0.25) is 0 Å². The summed E-state index contributed by atoms with van der Waals surface area (Å²) in [5.41, 5.74) is 0.735. The van der Waals surface area contributed by atoms with Crippen molar-refractivity contribution >= 4 is 5.91 Å². The molecule has 0 fully saturated rings. The van der Waals surface area contributed by atoms with Gasteiger partial charge < -0.3 is 15.2 Å². The molecule has 1 rings (SSSR count). The summed E-state index contributed by atoms with van der Waals surface area (Å²) in [5.74, 6) is -0.816. The molecule has 0 radical (unpaired) electrons. The lowest BCUT2D eigenvalue weighted by molar-refractivity contribution is 0.0894. The molecule has 1 unspecified atom stereocenters. The minimum Gasteiger partial charge on any atom is -0.394 e. The maximum atomic E-state index is 13.3. The average Bonchev–Trinajstić information content (AvgIpc) is 2.37. The Kier molecular flexibility index (Phi) is 5.74. The van der Waals surface area contributed by atoms with E-state index in [1.807, 2.05) is 0 Å². The van der Waals surface area contributed by atoms with E-state index < -0.39 is 11.7 Å². The predicted octanol–water partition coefficient (Wildman–Crippen LogP) is 1.26. The molecule has 0 aliphatic rings. The fourth-order valence-corrected chi connectivity index (χ4v) is 1.47. The van der Waals surface area contributed by atoms with Crippen LogP contribution in [0.4, 0.5) is 4.39 Å². The maximum Gasteiger partial charge on any atom is 0.251 e. The second-order valence-electron chi connectivity index (χ2n) is 4.10. The van der Waals surface area contributed by atoms with Crippen molar-refractivity contribution in [3.05, 3.63) is 35.1 Å². The van der Waals surface area contributed by atoms with Crippen molar-refractivity contribution in [2.45, 2.75) is 19.4 Å². The molecule has 4 nitrogen and oxygen atoms in total. The van der Waals surface area contributed by atoms with Crippen LogP contribution < -0.4 is 5.32 Å². The van der Waals surface area contributed by atoms with Gasteiger partial charge in [-0.25, -0.2) is 4.39 Å². The van der Waals surface area contributed by atoms with Gasteiger partial charge in [0.05, 0.1) is 12.6 Å². The van der Waals surface area contributed by atoms with E-state index in [4.69, 9.17) is 9.84 Å². The number of rotatable bonds is 6. The molecular weight excluding hydrogens is 237 g/mol. The first-order valence-electron chi connectivity index (χ1n) is 5.75. The van der Waals surface area contributed by atoms with Crippen LogP contribution in [0.5, 0.6) is 0 Å². The lowest BCUT2D eigenvalue weighted by atomic mass is 10.1. The van der Waals surface area contributed by atoms with Gasteiger partial charge in [-0.3, -0.25) is 4.79 Å². The van der Waals surface area contributed by atoms with E-state index in [1.54, 1.807) is 26.2 Å². The van der Waals surface area contributed by atoms with Crippen molar-refractivity contribution < 1.29 is 19.0 Å². The zero-order valence-electron chi connectivity index (χ0n) is 10.6. The first-order chi connectivity index (χ1) is 8.58. The summed E-state index contributed by atoms with van der Waals surface area (Å²) in [4.78, 5) is 11.8. The number of methoxy groups -OCH3 is 1. The summed E-state index contributed by atoms with van der Waals surface area (Å²) in [6.07, 6.45) is 0.507. The summed E-state index contributed by atoms with van der Waals surface area (Å²) in [6, 6.07) is 3.91. The summed E-state index contributed by atoms with van der Waals surface area (Å²) >= 11 is 0. The van der Waals surface area contributed by atoms with Crippen LogP contribution in [0.1, 0.15) is 22.3 Å². The minimum absolute atomic E-state index is 0.177. The minimum atomic E-state index is -0.417. The Balaban J connectivity index is 2.65. The van der Waals surface area contributed by atoms with Gasteiger partial charge >= 0.3 is 0 Å². The largest absolute Gasteiger partial charge is 0.394 e. The molecule has 0 aliphatic carbocycles. The molecule has 18 heavy (non-hydrogen) atoms. The zero-order chi connectivity index (χ0) is 13.5. The number of amides is 1. The molecule has 0 saturated carbocycles. The van der Waals surface area contributed by atoms with Crippen molar-refractivity contribution in [1.82, 2.24) is 5.32 Å². The Labute approximate surface area is 106 Å². The molecule has 0 heterocycles. The summed E-state index contributed by atoms with van der Waals surface area (Å²) in [6.45, 7) is 1.89. The number of benzene rings is 1. The molecule has 1 aromatic carbocycles. The molecule has 1 aromatic rings. The standard InChI is InChI=1S/C13H18FNO3/c1-9-3-4-10(7-12(9)14)13(17)15-11(8-16)5-6-18-2/h3-4,7,11,16H,5-6,8H2,1-2H3,(H,15,17). The average molecular weight is 255 g/mol. The van der Waals surface area contributed by atoms with E-state index in [-0.39, 0.29) is 18.2 Å². The molecule has 1 atom stereocenters. The maximum absolute atomic E-state index is 13.3. The van der Waals surface area contributed by atoms with Crippen LogP contribution >= 0.6 is 0 Å².